The number of pyridine rings is 1. The fourth-order valence-electron chi connectivity index (χ4n) is 3.37. The van der Waals surface area contributed by atoms with Crippen LogP contribution in [0.15, 0.2) is 47.5 Å². The maximum Gasteiger partial charge on any atom is 0.191 e. The Bertz CT molecular complexity index is 803. The van der Waals surface area contributed by atoms with Crippen LogP contribution in [0.25, 0.3) is 0 Å². The zero-order valence-electron chi connectivity index (χ0n) is 17.4. The highest BCUT2D eigenvalue weighted by Gasteiger charge is 2.21. The minimum Gasteiger partial charge on any atom is -0.489 e. The first-order valence-electron chi connectivity index (χ1n) is 10.1. The molecule has 1 aliphatic heterocycles. The molecule has 6 nitrogen and oxygen atoms in total. The number of hydrogen-bond donors (Lipinski definition) is 2. The standard InChI is InChI=1S/C22H30ClN5O/c1-16-5-4-6-21(26-16)28-13-11-19(12-14-28)27-22(24-3)25-15-17(2)29-20-9-7-18(23)8-10-20/h4-10,17,19H,11-15H2,1-3H3,(H2,24,25,27). The van der Waals surface area contributed by atoms with Crippen LogP contribution in [-0.2, 0) is 0 Å². The van der Waals surface area contributed by atoms with Gasteiger partial charge in [0.05, 0.1) is 6.54 Å². The minimum atomic E-state index is 0.00367. The van der Waals surface area contributed by atoms with Crippen molar-refractivity contribution in [2.24, 2.45) is 4.99 Å². The first-order valence-corrected chi connectivity index (χ1v) is 10.5. The van der Waals surface area contributed by atoms with Gasteiger partial charge < -0.3 is 20.3 Å². The minimum absolute atomic E-state index is 0.00367. The molecule has 0 radical (unpaired) electrons. The molecule has 1 atom stereocenters. The van der Waals surface area contributed by atoms with E-state index < -0.39 is 0 Å². The molecule has 1 aromatic carbocycles. The average molecular weight is 416 g/mol. The summed E-state index contributed by atoms with van der Waals surface area (Å²) < 4.78 is 5.91. The summed E-state index contributed by atoms with van der Waals surface area (Å²) in [5.41, 5.74) is 1.06. The number of benzene rings is 1. The van der Waals surface area contributed by atoms with Gasteiger partial charge in [-0.25, -0.2) is 4.98 Å². The highest BCUT2D eigenvalue weighted by atomic mass is 35.5. The smallest absolute Gasteiger partial charge is 0.191 e. The summed E-state index contributed by atoms with van der Waals surface area (Å²) in [6.07, 6.45) is 2.10. The molecule has 1 aliphatic rings. The third-order valence-electron chi connectivity index (χ3n) is 4.96. The predicted molar refractivity (Wildman–Crippen MR) is 120 cm³/mol. The molecule has 29 heavy (non-hydrogen) atoms. The fraction of sp³-hybridized carbons (Fsp3) is 0.455. The van der Waals surface area contributed by atoms with E-state index in [4.69, 9.17) is 16.3 Å². The second kappa shape index (κ2) is 10.3. The monoisotopic (exact) mass is 415 g/mol. The zero-order chi connectivity index (χ0) is 20.6. The van der Waals surface area contributed by atoms with Crippen molar-refractivity contribution in [1.29, 1.82) is 0 Å². The van der Waals surface area contributed by atoms with E-state index >= 15 is 0 Å². The number of guanidine groups is 1. The lowest BCUT2D eigenvalue weighted by Gasteiger charge is -2.34. The van der Waals surface area contributed by atoms with Gasteiger partial charge in [0.15, 0.2) is 5.96 Å². The normalized spacial score (nSPS) is 16.4. The van der Waals surface area contributed by atoms with Gasteiger partial charge >= 0.3 is 0 Å². The average Bonchev–Trinajstić information content (AvgIpc) is 2.73. The van der Waals surface area contributed by atoms with E-state index in [9.17, 15) is 0 Å². The van der Waals surface area contributed by atoms with Gasteiger partial charge in [0.25, 0.3) is 0 Å². The number of aromatic nitrogens is 1. The Hall–Kier alpha value is -2.47. The van der Waals surface area contributed by atoms with Crippen molar-refractivity contribution in [3.05, 3.63) is 53.2 Å². The summed E-state index contributed by atoms with van der Waals surface area (Å²) >= 11 is 5.91. The highest BCUT2D eigenvalue weighted by Crippen LogP contribution is 2.18. The summed E-state index contributed by atoms with van der Waals surface area (Å²) in [5, 5.41) is 7.60. The lowest BCUT2D eigenvalue weighted by Crippen LogP contribution is -2.50. The molecule has 2 heterocycles. The fourth-order valence-corrected chi connectivity index (χ4v) is 3.50. The van der Waals surface area contributed by atoms with Gasteiger partial charge in [0.1, 0.15) is 17.7 Å². The number of anilines is 1. The lowest BCUT2D eigenvalue weighted by molar-refractivity contribution is 0.223. The largest absolute Gasteiger partial charge is 0.489 e. The summed E-state index contributed by atoms with van der Waals surface area (Å²) in [4.78, 5) is 11.3. The van der Waals surface area contributed by atoms with Gasteiger partial charge in [-0.3, -0.25) is 4.99 Å². The molecule has 1 saturated heterocycles. The van der Waals surface area contributed by atoms with Crippen molar-refractivity contribution in [3.8, 4) is 5.75 Å². The van der Waals surface area contributed by atoms with Gasteiger partial charge in [-0.05, 0) is 63.1 Å². The molecule has 2 aromatic rings. The zero-order valence-corrected chi connectivity index (χ0v) is 18.1. The van der Waals surface area contributed by atoms with Gasteiger partial charge in [0.2, 0.25) is 0 Å². The molecule has 0 bridgehead atoms. The molecule has 1 fully saturated rings. The Morgan fingerprint density at radius 3 is 2.62 bits per heavy atom. The van der Waals surface area contributed by atoms with E-state index in [1.807, 2.05) is 44.2 Å². The first kappa shape index (κ1) is 21.2. The van der Waals surface area contributed by atoms with Crippen molar-refractivity contribution >= 4 is 23.4 Å². The molecule has 1 unspecified atom stereocenters. The highest BCUT2D eigenvalue weighted by molar-refractivity contribution is 6.30. The summed E-state index contributed by atoms with van der Waals surface area (Å²) in [6, 6.07) is 14.0. The molecule has 156 valence electrons. The molecular formula is C22H30ClN5O. The third kappa shape index (κ3) is 6.53. The summed E-state index contributed by atoms with van der Waals surface area (Å²) in [7, 11) is 1.80. The van der Waals surface area contributed by atoms with E-state index in [1.54, 1.807) is 7.05 Å². The van der Waals surface area contributed by atoms with Gasteiger partial charge in [-0.15, -0.1) is 0 Å². The Labute approximate surface area is 178 Å². The number of rotatable bonds is 6. The van der Waals surface area contributed by atoms with Crippen LogP contribution in [0.2, 0.25) is 5.02 Å². The number of aliphatic imine (C=N–C) groups is 1. The Balaban J connectivity index is 1.41. The molecule has 2 N–H and O–H groups in total. The lowest BCUT2D eigenvalue weighted by atomic mass is 10.1. The van der Waals surface area contributed by atoms with E-state index in [0.717, 1.165) is 49.2 Å². The van der Waals surface area contributed by atoms with Crippen LogP contribution < -0.4 is 20.3 Å². The maximum atomic E-state index is 5.91. The molecule has 0 spiro atoms. The SMILES string of the molecule is CN=C(NCC(C)Oc1ccc(Cl)cc1)NC1CCN(c2cccc(C)n2)CC1. The number of nitrogens with zero attached hydrogens (tertiary/aromatic N) is 3. The first-order chi connectivity index (χ1) is 14.0. The van der Waals surface area contributed by atoms with Gasteiger partial charge in [-0.2, -0.15) is 0 Å². The van der Waals surface area contributed by atoms with Gasteiger partial charge in [0, 0.05) is 36.9 Å². The second-order valence-corrected chi connectivity index (χ2v) is 7.81. The van der Waals surface area contributed by atoms with Gasteiger partial charge in [-0.1, -0.05) is 17.7 Å². The van der Waals surface area contributed by atoms with Crippen molar-refractivity contribution in [2.75, 3.05) is 31.6 Å². The van der Waals surface area contributed by atoms with Crippen LogP contribution in [0.5, 0.6) is 5.75 Å². The molecule has 3 rings (SSSR count). The summed E-state index contributed by atoms with van der Waals surface area (Å²) in [5.74, 6) is 2.69. The van der Waals surface area contributed by atoms with E-state index in [2.05, 4.69) is 37.6 Å². The number of aryl methyl sites for hydroxylation is 1. The number of hydrogen-bond acceptors (Lipinski definition) is 4. The predicted octanol–water partition coefficient (Wildman–Crippen LogP) is 3.64. The number of halogens is 1. The van der Waals surface area contributed by atoms with Crippen LogP contribution >= 0.6 is 11.6 Å². The van der Waals surface area contributed by atoms with Crippen LogP contribution in [-0.4, -0.2) is 49.8 Å². The van der Waals surface area contributed by atoms with Crippen LogP contribution in [0.3, 0.4) is 0 Å². The van der Waals surface area contributed by atoms with Crippen LogP contribution in [0.4, 0.5) is 5.82 Å². The molecule has 0 aliphatic carbocycles. The molecule has 0 saturated carbocycles. The Morgan fingerprint density at radius 1 is 1.24 bits per heavy atom. The number of nitrogens with one attached hydrogen (secondary N) is 2. The molecule has 7 heteroatoms. The number of ether oxygens (including phenoxy) is 1. The van der Waals surface area contributed by atoms with Crippen molar-refractivity contribution in [3.63, 3.8) is 0 Å². The van der Waals surface area contributed by atoms with Crippen molar-refractivity contribution in [1.82, 2.24) is 15.6 Å². The van der Waals surface area contributed by atoms with E-state index in [0.29, 0.717) is 17.6 Å². The van der Waals surface area contributed by atoms with E-state index in [-0.39, 0.29) is 6.10 Å². The summed E-state index contributed by atoms with van der Waals surface area (Å²) in [6.45, 7) is 6.70. The van der Waals surface area contributed by atoms with Crippen LogP contribution in [0.1, 0.15) is 25.5 Å². The topological polar surface area (TPSA) is 61.8 Å². The van der Waals surface area contributed by atoms with Crippen molar-refractivity contribution in [2.45, 2.75) is 38.8 Å². The molecule has 1 aromatic heterocycles. The Morgan fingerprint density at radius 2 is 1.97 bits per heavy atom. The molecule has 0 amide bonds. The van der Waals surface area contributed by atoms with E-state index in [1.165, 1.54) is 0 Å². The second-order valence-electron chi connectivity index (χ2n) is 7.38. The maximum absolute atomic E-state index is 5.91. The molecular weight excluding hydrogens is 386 g/mol. The van der Waals surface area contributed by atoms with Crippen LogP contribution in [0, 0.1) is 6.92 Å². The van der Waals surface area contributed by atoms with Crippen molar-refractivity contribution < 1.29 is 4.74 Å². The Kier molecular flexibility index (Phi) is 7.58. The quantitative estimate of drug-likeness (QED) is 0.557. The number of piperidine rings is 1. The third-order valence-corrected chi connectivity index (χ3v) is 5.22.